The van der Waals surface area contributed by atoms with E-state index in [1.807, 2.05) is 6.92 Å². The third-order valence-electron chi connectivity index (χ3n) is 3.50. The van der Waals surface area contributed by atoms with E-state index >= 15 is 0 Å². The van der Waals surface area contributed by atoms with Crippen LogP contribution in [0.5, 0.6) is 0 Å². The average molecular weight is 251 g/mol. The Labute approximate surface area is 104 Å². The van der Waals surface area contributed by atoms with Gasteiger partial charge >= 0.3 is 5.97 Å². The van der Waals surface area contributed by atoms with Crippen molar-refractivity contribution in [3.05, 3.63) is 22.2 Å². The molecule has 98 valence electrons. The molecule has 0 aliphatic heterocycles. The fraction of sp³-hybridized carbons (Fsp3) is 0.583. The second-order valence-corrected chi connectivity index (χ2v) is 4.72. The van der Waals surface area contributed by atoms with E-state index in [1.54, 1.807) is 0 Å². The summed E-state index contributed by atoms with van der Waals surface area (Å²) < 4.78 is 0. The molecule has 6 heteroatoms. The van der Waals surface area contributed by atoms with Crippen LogP contribution in [0.2, 0.25) is 0 Å². The third kappa shape index (κ3) is 2.37. The lowest BCUT2D eigenvalue weighted by Gasteiger charge is -2.37. The Hall–Kier alpha value is -1.85. The van der Waals surface area contributed by atoms with Gasteiger partial charge in [-0.05, 0) is 12.8 Å². The van der Waals surface area contributed by atoms with Crippen molar-refractivity contribution in [2.45, 2.75) is 32.6 Å². The minimum absolute atomic E-state index is 0.220. The number of carboxylic acids is 1. The summed E-state index contributed by atoms with van der Waals surface area (Å²) in [6, 6.07) is 1.35. The Morgan fingerprint density at radius 2 is 2.33 bits per heavy atom. The second-order valence-electron chi connectivity index (χ2n) is 4.72. The van der Waals surface area contributed by atoms with Gasteiger partial charge < -0.3 is 15.4 Å². The summed E-state index contributed by atoms with van der Waals surface area (Å²) in [4.78, 5) is 29.4. The summed E-state index contributed by atoms with van der Waals surface area (Å²) in [5.74, 6) is 0.271. The molecule has 1 aliphatic rings. The summed E-state index contributed by atoms with van der Waals surface area (Å²) >= 11 is 0. The SMILES string of the molecule is CCc1nc(NCC2(C(=O)O)CCC2)cc(=O)[nH]1. The van der Waals surface area contributed by atoms with Crippen LogP contribution in [-0.2, 0) is 11.2 Å². The van der Waals surface area contributed by atoms with Crippen LogP contribution in [-0.4, -0.2) is 27.6 Å². The Balaban J connectivity index is 2.08. The summed E-state index contributed by atoms with van der Waals surface area (Å²) in [5, 5.41) is 12.2. The number of hydrogen-bond donors (Lipinski definition) is 3. The van der Waals surface area contributed by atoms with Crippen molar-refractivity contribution in [2.24, 2.45) is 5.41 Å². The monoisotopic (exact) mass is 251 g/mol. The number of carboxylic acid groups (broad SMARTS) is 1. The van der Waals surface area contributed by atoms with Crippen LogP contribution in [0, 0.1) is 5.41 Å². The van der Waals surface area contributed by atoms with Crippen LogP contribution in [0.1, 0.15) is 32.0 Å². The van der Waals surface area contributed by atoms with Crippen LogP contribution in [0.25, 0.3) is 0 Å². The standard InChI is InChI=1S/C12H17N3O3/c1-2-8-14-9(6-10(16)15-8)13-7-12(11(17)18)4-3-5-12/h6H,2-5,7H2,1H3,(H,17,18)(H2,13,14,15,16). The molecular weight excluding hydrogens is 234 g/mol. The van der Waals surface area contributed by atoms with E-state index in [2.05, 4.69) is 15.3 Å². The lowest BCUT2D eigenvalue weighted by atomic mass is 9.69. The first-order valence-corrected chi connectivity index (χ1v) is 6.13. The maximum atomic E-state index is 11.4. The van der Waals surface area contributed by atoms with E-state index in [-0.39, 0.29) is 5.56 Å². The lowest BCUT2D eigenvalue weighted by molar-refractivity contribution is -0.153. The Morgan fingerprint density at radius 1 is 1.61 bits per heavy atom. The Morgan fingerprint density at radius 3 is 2.83 bits per heavy atom. The molecule has 0 atom stereocenters. The number of aromatic nitrogens is 2. The van der Waals surface area contributed by atoms with Gasteiger partial charge in [-0.1, -0.05) is 13.3 Å². The molecule has 1 saturated carbocycles. The van der Waals surface area contributed by atoms with E-state index < -0.39 is 11.4 Å². The first kappa shape index (κ1) is 12.6. The van der Waals surface area contributed by atoms with E-state index in [0.29, 0.717) is 37.4 Å². The van der Waals surface area contributed by atoms with Crippen LogP contribution in [0.4, 0.5) is 5.82 Å². The molecular formula is C12H17N3O3. The van der Waals surface area contributed by atoms with Gasteiger partial charge in [-0.3, -0.25) is 9.59 Å². The molecule has 2 rings (SSSR count). The van der Waals surface area contributed by atoms with Gasteiger partial charge in [0, 0.05) is 19.0 Å². The number of aromatic amines is 1. The zero-order chi connectivity index (χ0) is 13.2. The van der Waals surface area contributed by atoms with Crippen molar-refractivity contribution in [3.63, 3.8) is 0 Å². The molecule has 0 aromatic carbocycles. The van der Waals surface area contributed by atoms with Crippen molar-refractivity contribution in [3.8, 4) is 0 Å². The normalized spacial score (nSPS) is 16.9. The van der Waals surface area contributed by atoms with Crippen LogP contribution in [0.3, 0.4) is 0 Å². The number of hydrogen-bond acceptors (Lipinski definition) is 4. The highest BCUT2D eigenvalue weighted by atomic mass is 16.4. The van der Waals surface area contributed by atoms with Crippen molar-refractivity contribution in [1.82, 2.24) is 9.97 Å². The van der Waals surface area contributed by atoms with Crippen molar-refractivity contribution < 1.29 is 9.90 Å². The number of anilines is 1. The van der Waals surface area contributed by atoms with Gasteiger partial charge in [0.1, 0.15) is 11.6 Å². The van der Waals surface area contributed by atoms with E-state index in [0.717, 1.165) is 6.42 Å². The van der Waals surface area contributed by atoms with E-state index in [4.69, 9.17) is 0 Å². The van der Waals surface area contributed by atoms with Gasteiger partial charge in [0.15, 0.2) is 0 Å². The van der Waals surface area contributed by atoms with Crippen LogP contribution < -0.4 is 10.9 Å². The maximum absolute atomic E-state index is 11.4. The average Bonchev–Trinajstić information content (AvgIpc) is 2.26. The third-order valence-corrected chi connectivity index (χ3v) is 3.50. The molecule has 0 unspecified atom stereocenters. The van der Waals surface area contributed by atoms with Crippen molar-refractivity contribution in [1.29, 1.82) is 0 Å². The summed E-state index contributed by atoms with van der Waals surface area (Å²) in [6.45, 7) is 2.22. The number of aryl methyl sites for hydroxylation is 1. The predicted molar refractivity (Wildman–Crippen MR) is 66.6 cm³/mol. The van der Waals surface area contributed by atoms with Crippen molar-refractivity contribution >= 4 is 11.8 Å². The quantitative estimate of drug-likeness (QED) is 0.725. The predicted octanol–water partition coefficient (Wildman–Crippen LogP) is 0.999. The van der Waals surface area contributed by atoms with Crippen molar-refractivity contribution in [2.75, 3.05) is 11.9 Å². The molecule has 18 heavy (non-hydrogen) atoms. The van der Waals surface area contributed by atoms with Gasteiger partial charge in [0.2, 0.25) is 0 Å². The number of H-pyrrole nitrogens is 1. The highest BCUT2D eigenvalue weighted by Gasteiger charge is 2.44. The number of aliphatic carboxylic acids is 1. The molecule has 1 aromatic heterocycles. The van der Waals surface area contributed by atoms with Crippen LogP contribution >= 0.6 is 0 Å². The molecule has 0 radical (unpaired) electrons. The highest BCUT2D eigenvalue weighted by Crippen LogP contribution is 2.41. The largest absolute Gasteiger partial charge is 0.481 e. The summed E-state index contributed by atoms with van der Waals surface area (Å²) in [7, 11) is 0. The minimum atomic E-state index is -0.776. The molecule has 0 saturated heterocycles. The van der Waals surface area contributed by atoms with Crippen LogP contribution in [0.15, 0.2) is 10.9 Å². The number of nitrogens with zero attached hydrogens (tertiary/aromatic N) is 1. The maximum Gasteiger partial charge on any atom is 0.311 e. The molecule has 1 fully saturated rings. The topological polar surface area (TPSA) is 95.1 Å². The smallest absolute Gasteiger partial charge is 0.311 e. The molecule has 6 nitrogen and oxygen atoms in total. The van der Waals surface area contributed by atoms with Gasteiger partial charge in [-0.2, -0.15) is 0 Å². The van der Waals surface area contributed by atoms with E-state index in [1.165, 1.54) is 6.07 Å². The molecule has 0 amide bonds. The molecule has 1 aromatic rings. The van der Waals surface area contributed by atoms with Gasteiger partial charge in [0.25, 0.3) is 5.56 Å². The molecule has 0 spiro atoms. The van der Waals surface area contributed by atoms with E-state index in [9.17, 15) is 14.7 Å². The number of rotatable bonds is 5. The van der Waals surface area contributed by atoms with Gasteiger partial charge in [-0.15, -0.1) is 0 Å². The zero-order valence-corrected chi connectivity index (χ0v) is 10.3. The summed E-state index contributed by atoms with van der Waals surface area (Å²) in [6.07, 6.45) is 2.93. The number of carbonyl (C=O) groups is 1. The molecule has 1 heterocycles. The fourth-order valence-electron chi connectivity index (χ4n) is 2.10. The first-order valence-electron chi connectivity index (χ1n) is 6.13. The molecule has 0 bridgehead atoms. The first-order chi connectivity index (χ1) is 8.55. The Kier molecular flexibility index (Phi) is 3.36. The molecule has 3 N–H and O–H groups in total. The van der Waals surface area contributed by atoms with Gasteiger partial charge in [-0.25, -0.2) is 4.98 Å². The highest BCUT2D eigenvalue weighted by molar-refractivity contribution is 5.76. The lowest BCUT2D eigenvalue weighted by Crippen LogP contribution is -2.43. The molecule has 1 aliphatic carbocycles. The minimum Gasteiger partial charge on any atom is -0.481 e. The zero-order valence-electron chi connectivity index (χ0n) is 10.3. The fourth-order valence-corrected chi connectivity index (χ4v) is 2.10. The number of nitrogens with one attached hydrogen (secondary N) is 2. The second kappa shape index (κ2) is 4.80. The summed E-state index contributed by atoms with van der Waals surface area (Å²) in [5.41, 5.74) is -0.904. The van der Waals surface area contributed by atoms with Gasteiger partial charge in [0.05, 0.1) is 5.41 Å². The Bertz CT molecular complexity index is 506.